The van der Waals surface area contributed by atoms with Crippen LogP contribution < -0.4 is 5.32 Å². The molecule has 1 rings (SSSR count). The smallest absolute Gasteiger partial charge is 0.0613 e. The number of thioether (sulfide) groups is 1. The molecule has 0 aliphatic heterocycles. The molecule has 15 heavy (non-hydrogen) atoms. The fourth-order valence-electron chi connectivity index (χ4n) is 2.36. The van der Waals surface area contributed by atoms with E-state index in [9.17, 15) is 0 Å². The van der Waals surface area contributed by atoms with Gasteiger partial charge in [0.05, 0.1) is 6.61 Å². The van der Waals surface area contributed by atoms with Gasteiger partial charge in [-0.3, -0.25) is 0 Å². The Morgan fingerprint density at radius 2 is 2.13 bits per heavy atom. The number of methoxy groups -OCH3 is 1. The van der Waals surface area contributed by atoms with Crippen molar-refractivity contribution in [3.63, 3.8) is 0 Å². The molecule has 3 heteroatoms. The molecule has 1 aliphatic rings. The van der Waals surface area contributed by atoms with Gasteiger partial charge in [-0.1, -0.05) is 19.8 Å². The molecule has 0 aromatic heterocycles. The van der Waals surface area contributed by atoms with Gasteiger partial charge < -0.3 is 10.1 Å². The maximum absolute atomic E-state index is 5.17. The largest absolute Gasteiger partial charge is 0.383 e. The quantitative estimate of drug-likeness (QED) is 0.759. The Morgan fingerprint density at radius 1 is 1.40 bits per heavy atom. The van der Waals surface area contributed by atoms with Crippen LogP contribution in [-0.4, -0.2) is 36.8 Å². The van der Waals surface area contributed by atoms with E-state index in [1.807, 2.05) is 0 Å². The summed E-state index contributed by atoms with van der Waals surface area (Å²) in [6.07, 6.45) is 5.52. The molecule has 1 saturated carbocycles. The standard InChI is InChI=1S/C12H25NOS/c1-4-15-12-8-6-5-7-11(12)13-10(2)9-14-3/h10-13H,4-9H2,1-3H3. The molecular formula is C12H25NOS. The lowest BCUT2D eigenvalue weighted by atomic mass is 9.94. The molecule has 0 saturated heterocycles. The predicted molar refractivity (Wildman–Crippen MR) is 68.6 cm³/mol. The summed E-state index contributed by atoms with van der Waals surface area (Å²) in [5.41, 5.74) is 0. The lowest BCUT2D eigenvalue weighted by Crippen LogP contribution is -2.46. The number of hydrogen-bond donors (Lipinski definition) is 1. The third-order valence-corrected chi connectivity index (χ3v) is 4.32. The van der Waals surface area contributed by atoms with E-state index in [2.05, 4.69) is 30.9 Å². The van der Waals surface area contributed by atoms with Crippen molar-refractivity contribution in [3.8, 4) is 0 Å². The number of ether oxygens (including phenoxy) is 1. The summed E-state index contributed by atoms with van der Waals surface area (Å²) in [7, 11) is 1.78. The highest BCUT2D eigenvalue weighted by molar-refractivity contribution is 7.99. The fourth-order valence-corrected chi connectivity index (χ4v) is 3.57. The third-order valence-electron chi connectivity index (χ3n) is 3.00. The first-order valence-corrected chi connectivity index (χ1v) is 7.19. The van der Waals surface area contributed by atoms with E-state index >= 15 is 0 Å². The summed E-state index contributed by atoms with van der Waals surface area (Å²) in [6, 6.07) is 1.19. The van der Waals surface area contributed by atoms with Crippen LogP contribution in [-0.2, 0) is 4.74 Å². The summed E-state index contributed by atoms with van der Waals surface area (Å²) in [6.45, 7) is 5.29. The van der Waals surface area contributed by atoms with Gasteiger partial charge in [-0.2, -0.15) is 11.8 Å². The normalized spacial score (nSPS) is 29.0. The average molecular weight is 231 g/mol. The van der Waals surface area contributed by atoms with Gasteiger partial charge >= 0.3 is 0 Å². The molecule has 3 unspecified atom stereocenters. The van der Waals surface area contributed by atoms with Crippen LogP contribution in [0.25, 0.3) is 0 Å². The van der Waals surface area contributed by atoms with Crippen molar-refractivity contribution in [2.45, 2.75) is 56.9 Å². The highest BCUT2D eigenvalue weighted by Crippen LogP contribution is 2.28. The Hall–Kier alpha value is 0.270. The molecule has 0 bridgehead atoms. The lowest BCUT2D eigenvalue weighted by molar-refractivity contribution is 0.163. The number of nitrogens with one attached hydrogen (secondary N) is 1. The zero-order valence-electron chi connectivity index (χ0n) is 10.3. The summed E-state index contributed by atoms with van der Waals surface area (Å²) in [5.74, 6) is 1.24. The van der Waals surface area contributed by atoms with Crippen LogP contribution in [0, 0.1) is 0 Å². The van der Waals surface area contributed by atoms with Gasteiger partial charge in [0, 0.05) is 24.4 Å². The summed E-state index contributed by atoms with van der Waals surface area (Å²) in [4.78, 5) is 0. The van der Waals surface area contributed by atoms with Crippen molar-refractivity contribution in [2.75, 3.05) is 19.5 Å². The Kier molecular flexibility index (Phi) is 6.69. The second kappa shape index (κ2) is 7.53. The fraction of sp³-hybridized carbons (Fsp3) is 1.00. The molecule has 1 N–H and O–H groups in total. The Labute approximate surface area is 98.5 Å². The van der Waals surface area contributed by atoms with Crippen LogP contribution in [0.2, 0.25) is 0 Å². The van der Waals surface area contributed by atoms with Crippen LogP contribution in [0.5, 0.6) is 0 Å². The van der Waals surface area contributed by atoms with Crippen molar-refractivity contribution in [2.24, 2.45) is 0 Å². The third kappa shape index (κ3) is 4.75. The van der Waals surface area contributed by atoms with Crippen LogP contribution >= 0.6 is 11.8 Å². The van der Waals surface area contributed by atoms with Gasteiger partial charge in [0.25, 0.3) is 0 Å². The molecule has 1 fully saturated rings. The van der Waals surface area contributed by atoms with Crippen LogP contribution in [0.1, 0.15) is 39.5 Å². The van der Waals surface area contributed by atoms with Gasteiger partial charge in [-0.25, -0.2) is 0 Å². The van der Waals surface area contributed by atoms with E-state index in [4.69, 9.17) is 4.74 Å². The minimum atomic E-state index is 0.484. The minimum absolute atomic E-state index is 0.484. The molecule has 0 aromatic rings. The van der Waals surface area contributed by atoms with Gasteiger partial charge in [-0.05, 0) is 25.5 Å². The minimum Gasteiger partial charge on any atom is -0.383 e. The molecule has 1 aliphatic carbocycles. The van der Waals surface area contributed by atoms with E-state index in [0.29, 0.717) is 12.1 Å². The molecule has 90 valence electrons. The zero-order valence-corrected chi connectivity index (χ0v) is 11.1. The molecule has 0 spiro atoms. The number of rotatable bonds is 6. The highest BCUT2D eigenvalue weighted by Gasteiger charge is 2.25. The highest BCUT2D eigenvalue weighted by atomic mass is 32.2. The maximum atomic E-state index is 5.17. The SMILES string of the molecule is CCSC1CCCCC1NC(C)COC. The second-order valence-electron chi connectivity index (χ2n) is 4.41. The maximum Gasteiger partial charge on any atom is 0.0613 e. The van der Waals surface area contributed by atoms with Crippen molar-refractivity contribution >= 4 is 11.8 Å². The van der Waals surface area contributed by atoms with Crippen LogP contribution in [0.3, 0.4) is 0 Å². The lowest BCUT2D eigenvalue weighted by Gasteiger charge is -2.33. The molecule has 0 aromatic carbocycles. The first-order valence-electron chi connectivity index (χ1n) is 6.14. The molecule has 2 nitrogen and oxygen atoms in total. The Morgan fingerprint density at radius 3 is 2.80 bits per heavy atom. The average Bonchev–Trinajstić information content (AvgIpc) is 2.21. The first-order chi connectivity index (χ1) is 7.27. The predicted octanol–water partition coefficient (Wildman–Crippen LogP) is 2.68. The van der Waals surface area contributed by atoms with Crippen molar-refractivity contribution in [1.82, 2.24) is 5.32 Å². The topological polar surface area (TPSA) is 21.3 Å². The van der Waals surface area contributed by atoms with Crippen LogP contribution in [0.15, 0.2) is 0 Å². The Balaban J connectivity index is 2.34. The molecule has 0 heterocycles. The van der Waals surface area contributed by atoms with Gasteiger partial charge in [0.2, 0.25) is 0 Å². The van der Waals surface area contributed by atoms with E-state index < -0.39 is 0 Å². The van der Waals surface area contributed by atoms with E-state index in [1.54, 1.807) is 7.11 Å². The van der Waals surface area contributed by atoms with Gasteiger partial charge in [0.1, 0.15) is 0 Å². The van der Waals surface area contributed by atoms with Gasteiger partial charge in [0.15, 0.2) is 0 Å². The van der Waals surface area contributed by atoms with E-state index in [1.165, 1.54) is 31.4 Å². The van der Waals surface area contributed by atoms with E-state index in [-0.39, 0.29) is 0 Å². The molecule has 0 radical (unpaired) electrons. The van der Waals surface area contributed by atoms with Crippen LogP contribution in [0.4, 0.5) is 0 Å². The molecule has 3 atom stereocenters. The second-order valence-corrected chi connectivity index (χ2v) is 5.92. The van der Waals surface area contributed by atoms with Crippen molar-refractivity contribution in [3.05, 3.63) is 0 Å². The van der Waals surface area contributed by atoms with Crippen molar-refractivity contribution < 1.29 is 4.74 Å². The van der Waals surface area contributed by atoms with E-state index in [0.717, 1.165) is 11.9 Å². The van der Waals surface area contributed by atoms with Gasteiger partial charge in [-0.15, -0.1) is 0 Å². The summed E-state index contributed by atoms with van der Waals surface area (Å²) >= 11 is 2.12. The molecule has 0 amide bonds. The monoisotopic (exact) mass is 231 g/mol. The van der Waals surface area contributed by atoms with Crippen molar-refractivity contribution in [1.29, 1.82) is 0 Å². The summed E-state index contributed by atoms with van der Waals surface area (Å²) in [5, 5.41) is 4.53. The molecular weight excluding hydrogens is 206 g/mol. The Bertz CT molecular complexity index is 164. The zero-order chi connectivity index (χ0) is 11.1. The summed E-state index contributed by atoms with van der Waals surface area (Å²) < 4.78 is 5.17. The first kappa shape index (κ1) is 13.3. The number of hydrogen-bond acceptors (Lipinski definition) is 3.